The Morgan fingerprint density at radius 1 is 1.16 bits per heavy atom. The molecular formula is C15H26N2OS. The topological polar surface area (TPSA) is 33.6 Å². The van der Waals surface area contributed by atoms with Crippen LogP contribution in [0.15, 0.2) is 4.99 Å². The Morgan fingerprint density at radius 3 is 2.74 bits per heavy atom. The minimum Gasteiger partial charge on any atom is -0.376 e. The molecule has 0 aromatic heterocycles. The lowest BCUT2D eigenvalue weighted by Crippen LogP contribution is -2.45. The number of hydrogen-bond acceptors (Lipinski definition) is 3. The number of rotatable bonds is 4. The van der Waals surface area contributed by atoms with E-state index in [1.54, 1.807) is 0 Å². The van der Waals surface area contributed by atoms with Crippen molar-refractivity contribution >= 4 is 16.9 Å². The normalized spacial score (nSPS) is 29.2. The molecule has 0 radical (unpaired) electrons. The zero-order valence-electron chi connectivity index (χ0n) is 11.8. The summed E-state index contributed by atoms with van der Waals surface area (Å²) in [6, 6.07) is 0. The van der Waals surface area contributed by atoms with Gasteiger partial charge < -0.3 is 10.1 Å². The summed E-state index contributed by atoms with van der Waals surface area (Å²) in [5.74, 6) is 1.22. The smallest absolute Gasteiger partial charge is 0.157 e. The SMILES string of the molecule is C1CCC2(CC1)CSC(=NCCOC1CCCC1)N2. The number of nitrogens with one attached hydrogen (secondary N) is 1. The molecular weight excluding hydrogens is 256 g/mol. The van der Waals surface area contributed by atoms with E-state index in [1.165, 1.54) is 63.5 Å². The Hall–Kier alpha value is -0.220. The molecule has 1 heterocycles. The number of hydrogen-bond donors (Lipinski definition) is 1. The fraction of sp³-hybridized carbons (Fsp3) is 0.933. The molecule has 108 valence electrons. The van der Waals surface area contributed by atoms with Crippen molar-refractivity contribution in [3.63, 3.8) is 0 Å². The van der Waals surface area contributed by atoms with E-state index in [-0.39, 0.29) is 0 Å². The summed E-state index contributed by atoms with van der Waals surface area (Å²) in [4.78, 5) is 4.68. The molecule has 2 saturated carbocycles. The molecule has 1 saturated heterocycles. The second-order valence-corrected chi connectivity index (χ2v) is 7.18. The van der Waals surface area contributed by atoms with Crippen LogP contribution in [0.4, 0.5) is 0 Å². The summed E-state index contributed by atoms with van der Waals surface area (Å²) in [7, 11) is 0. The van der Waals surface area contributed by atoms with Crippen molar-refractivity contribution in [2.45, 2.75) is 69.4 Å². The van der Waals surface area contributed by atoms with Gasteiger partial charge in [0.1, 0.15) is 0 Å². The lowest BCUT2D eigenvalue weighted by molar-refractivity contribution is 0.0643. The zero-order chi connectivity index (χ0) is 13.0. The molecule has 0 amide bonds. The average Bonchev–Trinajstić information content (AvgIpc) is 3.07. The molecule has 0 bridgehead atoms. The summed E-state index contributed by atoms with van der Waals surface area (Å²) in [5.41, 5.74) is 0.383. The Bertz CT molecular complexity index is 320. The maximum absolute atomic E-state index is 5.86. The minimum absolute atomic E-state index is 0.383. The summed E-state index contributed by atoms with van der Waals surface area (Å²) in [6.45, 7) is 1.62. The highest BCUT2D eigenvalue weighted by Crippen LogP contribution is 2.36. The van der Waals surface area contributed by atoms with Crippen molar-refractivity contribution < 1.29 is 4.74 Å². The lowest BCUT2D eigenvalue weighted by Gasteiger charge is -2.32. The van der Waals surface area contributed by atoms with Gasteiger partial charge in [-0.15, -0.1) is 0 Å². The summed E-state index contributed by atoms with van der Waals surface area (Å²) in [5, 5.41) is 4.86. The van der Waals surface area contributed by atoms with E-state index in [0.29, 0.717) is 11.6 Å². The molecule has 3 rings (SSSR count). The van der Waals surface area contributed by atoms with Crippen LogP contribution >= 0.6 is 11.8 Å². The Labute approximate surface area is 121 Å². The number of thioether (sulfide) groups is 1. The lowest BCUT2D eigenvalue weighted by atomic mass is 9.83. The highest BCUT2D eigenvalue weighted by molar-refractivity contribution is 8.14. The predicted octanol–water partition coefficient (Wildman–Crippen LogP) is 3.34. The van der Waals surface area contributed by atoms with Crippen LogP contribution in [0.1, 0.15) is 57.8 Å². The van der Waals surface area contributed by atoms with Crippen LogP contribution in [0.5, 0.6) is 0 Å². The van der Waals surface area contributed by atoms with E-state index in [9.17, 15) is 0 Å². The molecule has 1 spiro atoms. The van der Waals surface area contributed by atoms with E-state index in [0.717, 1.165) is 18.3 Å². The van der Waals surface area contributed by atoms with Crippen LogP contribution in [0.25, 0.3) is 0 Å². The molecule has 0 atom stereocenters. The van der Waals surface area contributed by atoms with Gasteiger partial charge in [0.15, 0.2) is 5.17 Å². The highest BCUT2D eigenvalue weighted by atomic mass is 32.2. The molecule has 1 aliphatic heterocycles. The van der Waals surface area contributed by atoms with Gasteiger partial charge in [-0.25, -0.2) is 0 Å². The zero-order valence-corrected chi connectivity index (χ0v) is 12.6. The molecule has 0 unspecified atom stereocenters. The van der Waals surface area contributed by atoms with Gasteiger partial charge in [0, 0.05) is 11.3 Å². The molecule has 19 heavy (non-hydrogen) atoms. The summed E-state index contributed by atoms with van der Waals surface area (Å²) >= 11 is 1.91. The molecule has 3 nitrogen and oxygen atoms in total. The van der Waals surface area contributed by atoms with Gasteiger partial charge in [-0.2, -0.15) is 0 Å². The molecule has 3 aliphatic rings. The van der Waals surface area contributed by atoms with Gasteiger partial charge >= 0.3 is 0 Å². The third kappa shape index (κ3) is 3.66. The first-order chi connectivity index (χ1) is 9.36. The van der Waals surface area contributed by atoms with E-state index >= 15 is 0 Å². The summed E-state index contributed by atoms with van der Waals surface area (Å²) in [6.07, 6.45) is 12.6. The van der Waals surface area contributed by atoms with Crippen molar-refractivity contribution in [3.8, 4) is 0 Å². The van der Waals surface area contributed by atoms with Crippen LogP contribution in [-0.4, -0.2) is 35.7 Å². The molecule has 4 heteroatoms. The van der Waals surface area contributed by atoms with Crippen LogP contribution in [0.3, 0.4) is 0 Å². The van der Waals surface area contributed by atoms with Gasteiger partial charge in [-0.05, 0) is 25.7 Å². The fourth-order valence-corrected chi connectivity index (χ4v) is 4.76. The maximum Gasteiger partial charge on any atom is 0.157 e. The van der Waals surface area contributed by atoms with E-state index in [2.05, 4.69) is 10.3 Å². The molecule has 0 aromatic rings. The van der Waals surface area contributed by atoms with Crippen molar-refractivity contribution in [1.82, 2.24) is 5.32 Å². The van der Waals surface area contributed by atoms with Crippen molar-refractivity contribution in [2.75, 3.05) is 18.9 Å². The Morgan fingerprint density at radius 2 is 1.95 bits per heavy atom. The standard InChI is InChI=1S/C15H26N2OS/c1-4-8-15(9-5-1)12-19-14(17-15)16-10-11-18-13-6-2-3-7-13/h13H,1-12H2,(H,16,17). The van der Waals surface area contributed by atoms with Crippen LogP contribution in [-0.2, 0) is 4.74 Å². The van der Waals surface area contributed by atoms with Crippen molar-refractivity contribution in [3.05, 3.63) is 0 Å². The predicted molar refractivity (Wildman–Crippen MR) is 81.9 cm³/mol. The molecule has 3 fully saturated rings. The van der Waals surface area contributed by atoms with Gasteiger partial charge in [0.05, 0.1) is 19.3 Å². The van der Waals surface area contributed by atoms with Crippen molar-refractivity contribution in [2.24, 2.45) is 4.99 Å². The molecule has 2 aliphatic carbocycles. The largest absolute Gasteiger partial charge is 0.376 e. The third-order valence-electron chi connectivity index (χ3n) is 4.67. The maximum atomic E-state index is 5.86. The third-order valence-corrected chi connectivity index (χ3v) is 5.87. The van der Waals surface area contributed by atoms with Gasteiger partial charge in [0.2, 0.25) is 0 Å². The number of amidine groups is 1. The van der Waals surface area contributed by atoms with E-state index in [1.807, 2.05) is 11.8 Å². The first-order valence-corrected chi connectivity index (χ1v) is 8.92. The Kier molecular flexibility index (Phi) is 4.69. The highest BCUT2D eigenvalue weighted by Gasteiger charge is 2.37. The molecule has 0 aromatic carbocycles. The average molecular weight is 282 g/mol. The van der Waals surface area contributed by atoms with Gasteiger partial charge in [0.25, 0.3) is 0 Å². The van der Waals surface area contributed by atoms with Crippen LogP contribution < -0.4 is 5.32 Å². The van der Waals surface area contributed by atoms with E-state index in [4.69, 9.17) is 4.74 Å². The summed E-state index contributed by atoms with van der Waals surface area (Å²) < 4.78 is 5.86. The first-order valence-electron chi connectivity index (χ1n) is 7.93. The van der Waals surface area contributed by atoms with Gasteiger partial charge in [-0.3, -0.25) is 4.99 Å². The van der Waals surface area contributed by atoms with E-state index < -0.39 is 0 Å². The number of aliphatic imine (C=N–C) groups is 1. The number of nitrogens with zero attached hydrogens (tertiary/aromatic N) is 1. The van der Waals surface area contributed by atoms with Crippen molar-refractivity contribution in [1.29, 1.82) is 0 Å². The minimum atomic E-state index is 0.383. The van der Waals surface area contributed by atoms with Crippen LogP contribution in [0, 0.1) is 0 Å². The second-order valence-electron chi connectivity index (χ2n) is 6.22. The second kappa shape index (κ2) is 6.49. The fourth-order valence-electron chi connectivity index (χ4n) is 3.51. The Balaban J connectivity index is 1.38. The van der Waals surface area contributed by atoms with Gasteiger partial charge in [-0.1, -0.05) is 43.9 Å². The quantitative estimate of drug-likeness (QED) is 0.803. The first kappa shape index (κ1) is 13.7. The molecule has 1 N–H and O–H groups in total. The monoisotopic (exact) mass is 282 g/mol. The number of ether oxygens (including phenoxy) is 1. The van der Waals surface area contributed by atoms with Crippen LogP contribution in [0.2, 0.25) is 0 Å².